The van der Waals surface area contributed by atoms with Crippen molar-refractivity contribution in [3.63, 3.8) is 0 Å². The first-order valence-corrected chi connectivity index (χ1v) is 4.98. The van der Waals surface area contributed by atoms with Crippen LogP contribution in [0.25, 0.3) is 0 Å². The second-order valence-corrected chi connectivity index (χ2v) is 3.29. The third-order valence-corrected chi connectivity index (χ3v) is 2.11. The van der Waals surface area contributed by atoms with Crippen molar-refractivity contribution in [3.05, 3.63) is 42.2 Å². The molecular weight excluding hydrogens is 223 g/mol. The fourth-order valence-corrected chi connectivity index (χ4v) is 1.26. The molecule has 0 aliphatic heterocycles. The number of nitrogens with zero attached hydrogens (tertiary/aromatic N) is 3. The first-order valence-electron chi connectivity index (χ1n) is 4.98. The van der Waals surface area contributed by atoms with Crippen molar-refractivity contribution in [2.24, 2.45) is 0 Å². The van der Waals surface area contributed by atoms with Crippen molar-refractivity contribution in [1.82, 2.24) is 15.0 Å². The Balaban J connectivity index is 1.97. The van der Waals surface area contributed by atoms with Gasteiger partial charge in [0.05, 0.1) is 7.11 Å². The molecule has 0 aliphatic carbocycles. The van der Waals surface area contributed by atoms with Crippen LogP contribution >= 0.6 is 0 Å². The van der Waals surface area contributed by atoms with Crippen molar-refractivity contribution in [2.75, 3.05) is 12.4 Å². The Hall–Kier alpha value is -2.24. The van der Waals surface area contributed by atoms with E-state index in [1.165, 1.54) is 12.4 Å². The van der Waals surface area contributed by atoms with Gasteiger partial charge in [-0.1, -0.05) is 6.07 Å². The van der Waals surface area contributed by atoms with Crippen molar-refractivity contribution in [3.8, 4) is 5.88 Å². The highest BCUT2D eigenvalue weighted by molar-refractivity contribution is 5.33. The molecule has 0 saturated heterocycles. The molecule has 2 aromatic heterocycles. The molecule has 5 nitrogen and oxygen atoms in total. The average molecular weight is 234 g/mol. The van der Waals surface area contributed by atoms with Crippen LogP contribution in [0.5, 0.6) is 5.88 Å². The van der Waals surface area contributed by atoms with Crippen LogP contribution in [0, 0.1) is 5.95 Å². The smallest absolute Gasteiger partial charge is 0.217 e. The normalized spacial score (nSPS) is 10.0. The number of methoxy groups -OCH3 is 1. The topological polar surface area (TPSA) is 59.9 Å². The minimum Gasteiger partial charge on any atom is -0.481 e. The molecule has 2 rings (SSSR count). The van der Waals surface area contributed by atoms with Crippen LogP contribution in [0.4, 0.5) is 10.2 Å². The first-order chi connectivity index (χ1) is 8.28. The van der Waals surface area contributed by atoms with Crippen LogP contribution in [0.2, 0.25) is 0 Å². The zero-order chi connectivity index (χ0) is 12.1. The molecule has 88 valence electrons. The van der Waals surface area contributed by atoms with Crippen LogP contribution < -0.4 is 10.1 Å². The largest absolute Gasteiger partial charge is 0.481 e. The second-order valence-electron chi connectivity index (χ2n) is 3.29. The van der Waals surface area contributed by atoms with Gasteiger partial charge in [0.2, 0.25) is 11.8 Å². The summed E-state index contributed by atoms with van der Waals surface area (Å²) in [6.45, 7) is 0.507. The van der Waals surface area contributed by atoms with E-state index >= 15 is 0 Å². The summed E-state index contributed by atoms with van der Waals surface area (Å²) in [7, 11) is 1.56. The van der Waals surface area contributed by atoms with Gasteiger partial charge in [-0.3, -0.25) is 0 Å². The Kier molecular flexibility index (Phi) is 3.44. The first kappa shape index (κ1) is 11.3. The molecule has 0 aliphatic rings. The summed E-state index contributed by atoms with van der Waals surface area (Å²) in [5, 5.41) is 2.97. The van der Waals surface area contributed by atoms with Crippen LogP contribution in [0.15, 0.2) is 30.7 Å². The van der Waals surface area contributed by atoms with Gasteiger partial charge in [0.25, 0.3) is 0 Å². The molecule has 0 amide bonds. The quantitative estimate of drug-likeness (QED) is 0.815. The number of halogens is 1. The van der Waals surface area contributed by atoms with Gasteiger partial charge in [-0.05, 0) is 5.56 Å². The summed E-state index contributed by atoms with van der Waals surface area (Å²) in [4.78, 5) is 11.3. The van der Waals surface area contributed by atoms with Gasteiger partial charge in [-0.15, -0.1) is 0 Å². The Morgan fingerprint density at radius 3 is 2.82 bits per heavy atom. The lowest BCUT2D eigenvalue weighted by Gasteiger charge is -2.05. The zero-order valence-electron chi connectivity index (χ0n) is 9.22. The van der Waals surface area contributed by atoms with Crippen LogP contribution in [-0.4, -0.2) is 22.1 Å². The Morgan fingerprint density at radius 1 is 1.29 bits per heavy atom. The van der Waals surface area contributed by atoms with Gasteiger partial charge in [-0.2, -0.15) is 4.39 Å². The molecule has 0 radical (unpaired) electrons. The number of aromatic nitrogens is 3. The number of anilines is 1. The van der Waals surface area contributed by atoms with Crippen LogP contribution in [-0.2, 0) is 6.54 Å². The van der Waals surface area contributed by atoms with Crippen molar-refractivity contribution >= 4 is 5.82 Å². The van der Waals surface area contributed by atoms with E-state index in [-0.39, 0.29) is 0 Å². The number of ether oxygens (including phenoxy) is 1. The number of rotatable bonds is 4. The lowest BCUT2D eigenvalue weighted by Crippen LogP contribution is -2.02. The molecule has 2 aromatic rings. The summed E-state index contributed by atoms with van der Waals surface area (Å²) >= 11 is 0. The maximum absolute atomic E-state index is 12.8. The predicted molar refractivity (Wildman–Crippen MR) is 60.1 cm³/mol. The van der Waals surface area contributed by atoms with Crippen LogP contribution in [0.3, 0.4) is 0 Å². The molecule has 17 heavy (non-hydrogen) atoms. The lowest BCUT2D eigenvalue weighted by atomic mass is 10.3. The summed E-state index contributed by atoms with van der Waals surface area (Å²) < 4.78 is 17.7. The number of hydrogen-bond donors (Lipinski definition) is 1. The monoisotopic (exact) mass is 234 g/mol. The molecule has 0 bridgehead atoms. The van der Waals surface area contributed by atoms with E-state index in [9.17, 15) is 4.39 Å². The highest BCUT2D eigenvalue weighted by atomic mass is 19.1. The van der Waals surface area contributed by atoms with Crippen molar-refractivity contribution < 1.29 is 9.13 Å². The van der Waals surface area contributed by atoms with E-state index in [0.29, 0.717) is 18.2 Å². The van der Waals surface area contributed by atoms with E-state index in [1.807, 2.05) is 6.07 Å². The van der Waals surface area contributed by atoms with Gasteiger partial charge in [0.1, 0.15) is 12.1 Å². The second kappa shape index (κ2) is 5.20. The molecule has 1 N–H and O–H groups in total. The van der Waals surface area contributed by atoms with Gasteiger partial charge in [0, 0.05) is 24.9 Å². The minimum absolute atomic E-state index is 0.438. The maximum Gasteiger partial charge on any atom is 0.217 e. The summed E-state index contributed by atoms with van der Waals surface area (Å²) in [6.07, 6.45) is 2.85. The van der Waals surface area contributed by atoms with E-state index in [4.69, 9.17) is 4.74 Å². The SMILES string of the molecule is COc1ccc(CNc2cc(F)ncn2)cn1. The molecule has 0 atom stereocenters. The number of pyridine rings is 1. The van der Waals surface area contributed by atoms with Crippen molar-refractivity contribution in [2.45, 2.75) is 6.54 Å². The molecule has 2 heterocycles. The predicted octanol–water partition coefficient (Wildman–Crippen LogP) is 1.63. The van der Waals surface area contributed by atoms with Gasteiger partial charge >= 0.3 is 0 Å². The lowest BCUT2D eigenvalue weighted by molar-refractivity contribution is 0.397. The molecular formula is C11H11FN4O. The summed E-state index contributed by atoms with van der Waals surface area (Å²) in [5.41, 5.74) is 0.949. The zero-order valence-corrected chi connectivity index (χ0v) is 9.22. The summed E-state index contributed by atoms with van der Waals surface area (Å²) in [5.74, 6) is 0.436. The minimum atomic E-state index is -0.560. The van der Waals surface area contributed by atoms with Gasteiger partial charge < -0.3 is 10.1 Å². The fourth-order valence-electron chi connectivity index (χ4n) is 1.26. The summed E-state index contributed by atoms with van der Waals surface area (Å²) in [6, 6.07) is 4.87. The Bertz CT molecular complexity index is 489. The fraction of sp³-hybridized carbons (Fsp3) is 0.182. The maximum atomic E-state index is 12.8. The van der Waals surface area contributed by atoms with Gasteiger partial charge in [-0.25, -0.2) is 15.0 Å². The molecule has 0 unspecified atom stereocenters. The highest BCUT2D eigenvalue weighted by Crippen LogP contribution is 2.09. The highest BCUT2D eigenvalue weighted by Gasteiger charge is 1.99. The molecule has 0 spiro atoms. The third-order valence-electron chi connectivity index (χ3n) is 2.11. The van der Waals surface area contributed by atoms with Crippen LogP contribution in [0.1, 0.15) is 5.56 Å². The Labute approximate surface area is 97.7 Å². The number of hydrogen-bond acceptors (Lipinski definition) is 5. The standard InChI is InChI=1S/C11H11FN4O/c1-17-11-3-2-8(6-14-11)5-13-10-4-9(12)15-7-16-10/h2-4,6-7H,5H2,1H3,(H,13,15,16). The molecule has 6 heteroatoms. The molecule has 0 saturated carbocycles. The third kappa shape index (κ3) is 3.10. The van der Waals surface area contributed by atoms with E-state index in [0.717, 1.165) is 5.56 Å². The molecule has 0 fully saturated rings. The van der Waals surface area contributed by atoms with E-state index in [1.54, 1.807) is 19.4 Å². The molecule has 0 aromatic carbocycles. The average Bonchev–Trinajstić information content (AvgIpc) is 2.37. The van der Waals surface area contributed by atoms with E-state index in [2.05, 4.69) is 20.3 Å². The van der Waals surface area contributed by atoms with Crippen molar-refractivity contribution in [1.29, 1.82) is 0 Å². The van der Waals surface area contributed by atoms with Gasteiger partial charge in [0.15, 0.2) is 0 Å². The number of nitrogens with one attached hydrogen (secondary N) is 1. The van der Waals surface area contributed by atoms with E-state index < -0.39 is 5.95 Å². The Morgan fingerprint density at radius 2 is 2.18 bits per heavy atom.